The molecular weight excluding hydrogens is 314 g/mol. The van der Waals surface area contributed by atoms with Crippen LogP contribution in [0.25, 0.3) is 0 Å². The maximum absolute atomic E-state index is 12.2. The number of hydrogen-bond donors (Lipinski definition) is 1. The van der Waals surface area contributed by atoms with Crippen LogP contribution in [0, 0.1) is 0 Å². The predicted molar refractivity (Wildman–Crippen MR) is 100 cm³/mol. The largest absolute Gasteiger partial charge is 0.369 e. The summed E-state index contributed by atoms with van der Waals surface area (Å²) in [5.74, 6) is 0.270. The number of nitrogens with zero attached hydrogens (tertiary/aromatic N) is 2. The van der Waals surface area contributed by atoms with E-state index in [1.807, 2.05) is 24.3 Å². The molecule has 1 saturated heterocycles. The van der Waals surface area contributed by atoms with Gasteiger partial charge in [-0.1, -0.05) is 19.3 Å². The van der Waals surface area contributed by atoms with Crippen molar-refractivity contribution in [2.45, 2.75) is 45.1 Å². The number of hydrogen-bond acceptors (Lipinski definition) is 4. The van der Waals surface area contributed by atoms with Crippen molar-refractivity contribution in [3.63, 3.8) is 0 Å². The number of carbonyl (C=O) groups is 2. The number of amides is 1. The predicted octanol–water partition coefficient (Wildman–Crippen LogP) is 2.46. The number of ketones is 1. The lowest BCUT2D eigenvalue weighted by molar-refractivity contribution is -0.123. The minimum Gasteiger partial charge on any atom is -0.369 e. The van der Waals surface area contributed by atoms with Gasteiger partial charge in [-0.05, 0) is 44.0 Å². The molecule has 1 N–H and O–H groups in total. The van der Waals surface area contributed by atoms with Crippen molar-refractivity contribution < 1.29 is 9.59 Å². The van der Waals surface area contributed by atoms with Crippen LogP contribution in [0.5, 0.6) is 0 Å². The third kappa shape index (κ3) is 5.05. The van der Waals surface area contributed by atoms with E-state index in [0.29, 0.717) is 12.6 Å². The van der Waals surface area contributed by atoms with Crippen molar-refractivity contribution in [1.82, 2.24) is 10.2 Å². The SMILES string of the molecule is CC(=O)c1ccc(N2CCN(CC(=O)NC3CCCCC3)CC2)cc1. The molecule has 0 aromatic heterocycles. The van der Waals surface area contributed by atoms with E-state index in [0.717, 1.165) is 50.3 Å². The molecule has 1 aromatic carbocycles. The molecule has 0 spiro atoms. The van der Waals surface area contributed by atoms with E-state index in [-0.39, 0.29) is 11.7 Å². The van der Waals surface area contributed by atoms with Gasteiger partial charge in [0, 0.05) is 43.5 Å². The quantitative estimate of drug-likeness (QED) is 0.835. The molecule has 25 heavy (non-hydrogen) atoms. The van der Waals surface area contributed by atoms with Crippen LogP contribution in [0.3, 0.4) is 0 Å². The first-order valence-electron chi connectivity index (χ1n) is 9.49. The Bertz CT molecular complexity index is 585. The van der Waals surface area contributed by atoms with Gasteiger partial charge in [-0.25, -0.2) is 0 Å². The zero-order valence-electron chi connectivity index (χ0n) is 15.2. The first-order chi connectivity index (χ1) is 12.1. The van der Waals surface area contributed by atoms with Crippen LogP contribution in [0.4, 0.5) is 5.69 Å². The molecule has 2 aliphatic rings. The van der Waals surface area contributed by atoms with Gasteiger partial charge >= 0.3 is 0 Å². The lowest BCUT2D eigenvalue weighted by Gasteiger charge is -2.36. The Morgan fingerprint density at radius 2 is 1.64 bits per heavy atom. The smallest absolute Gasteiger partial charge is 0.234 e. The highest BCUT2D eigenvalue weighted by molar-refractivity contribution is 5.94. The number of nitrogens with one attached hydrogen (secondary N) is 1. The third-order valence-electron chi connectivity index (χ3n) is 5.35. The normalized spacial score (nSPS) is 19.6. The minimum atomic E-state index is 0.0975. The van der Waals surface area contributed by atoms with Gasteiger partial charge in [0.25, 0.3) is 0 Å². The lowest BCUT2D eigenvalue weighted by atomic mass is 9.95. The van der Waals surface area contributed by atoms with Crippen molar-refractivity contribution >= 4 is 17.4 Å². The van der Waals surface area contributed by atoms with Gasteiger partial charge in [-0.3, -0.25) is 14.5 Å². The third-order valence-corrected chi connectivity index (χ3v) is 5.35. The van der Waals surface area contributed by atoms with Crippen LogP contribution >= 0.6 is 0 Å². The van der Waals surface area contributed by atoms with Gasteiger partial charge in [-0.15, -0.1) is 0 Å². The Morgan fingerprint density at radius 3 is 2.24 bits per heavy atom. The second-order valence-electron chi connectivity index (χ2n) is 7.27. The van der Waals surface area contributed by atoms with Crippen LogP contribution < -0.4 is 10.2 Å². The van der Waals surface area contributed by atoms with E-state index < -0.39 is 0 Å². The van der Waals surface area contributed by atoms with Gasteiger partial charge in [0.2, 0.25) is 5.91 Å². The zero-order chi connectivity index (χ0) is 17.6. The molecule has 0 radical (unpaired) electrons. The summed E-state index contributed by atoms with van der Waals surface area (Å²) in [5, 5.41) is 3.20. The first-order valence-corrected chi connectivity index (χ1v) is 9.49. The number of benzene rings is 1. The summed E-state index contributed by atoms with van der Waals surface area (Å²) in [5.41, 5.74) is 1.90. The Morgan fingerprint density at radius 1 is 1.00 bits per heavy atom. The van der Waals surface area contributed by atoms with E-state index in [9.17, 15) is 9.59 Å². The fourth-order valence-corrected chi connectivity index (χ4v) is 3.79. The molecule has 1 aliphatic heterocycles. The van der Waals surface area contributed by atoms with E-state index in [1.165, 1.54) is 19.3 Å². The zero-order valence-corrected chi connectivity index (χ0v) is 15.2. The van der Waals surface area contributed by atoms with Crippen molar-refractivity contribution in [3.8, 4) is 0 Å². The molecule has 1 saturated carbocycles. The molecule has 0 unspecified atom stereocenters. The topological polar surface area (TPSA) is 52.7 Å². The summed E-state index contributed by atoms with van der Waals surface area (Å²) in [6, 6.07) is 8.20. The van der Waals surface area contributed by atoms with Gasteiger partial charge in [0.1, 0.15) is 0 Å². The lowest BCUT2D eigenvalue weighted by Crippen LogP contribution is -2.50. The fraction of sp³-hybridized carbons (Fsp3) is 0.600. The maximum atomic E-state index is 12.2. The summed E-state index contributed by atoms with van der Waals surface area (Å²) < 4.78 is 0. The molecule has 3 rings (SSSR count). The van der Waals surface area contributed by atoms with Crippen LogP contribution in [0.15, 0.2) is 24.3 Å². The van der Waals surface area contributed by atoms with Crippen molar-refractivity contribution in [2.75, 3.05) is 37.6 Å². The second kappa shape index (κ2) is 8.48. The molecule has 5 heteroatoms. The molecule has 1 amide bonds. The number of rotatable bonds is 5. The molecule has 2 fully saturated rings. The molecule has 0 atom stereocenters. The number of Topliss-reactive ketones (excluding diaryl/α,β-unsaturated/α-hetero) is 1. The van der Waals surface area contributed by atoms with E-state index in [4.69, 9.17) is 0 Å². The van der Waals surface area contributed by atoms with E-state index in [1.54, 1.807) is 6.92 Å². The average molecular weight is 343 g/mol. The first kappa shape index (κ1) is 17.9. The molecular formula is C20H29N3O2. The number of anilines is 1. The standard InChI is InChI=1S/C20H29N3O2/c1-16(24)17-7-9-19(10-8-17)23-13-11-22(12-14-23)15-20(25)21-18-5-3-2-4-6-18/h7-10,18H,2-6,11-15H2,1H3,(H,21,25). The van der Waals surface area contributed by atoms with Crippen LogP contribution in [0.2, 0.25) is 0 Å². The minimum absolute atomic E-state index is 0.0975. The number of carbonyl (C=O) groups excluding carboxylic acids is 2. The highest BCUT2D eigenvalue weighted by Gasteiger charge is 2.21. The fourth-order valence-electron chi connectivity index (χ4n) is 3.79. The van der Waals surface area contributed by atoms with Gasteiger partial charge in [-0.2, -0.15) is 0 Å². The van der Waals surface area contributed by atoms with Crippen LogP contribution in [0.1, 0.15) is 49.4 Å². The Balaban J connectivity index is 1.43. The monoisotopic (exact) mass is 343 g/mol. The number of piperazine rings is 1. The Hall–Kier alpha value is -1.88. The molecule has 0 bridgehead atoms. The van der Waals surface area contributed by atoms with E-state index in [2.05, 4.69) is 15.1 Å². The second-order valence-corrected chi connectivity index (χ2v) is 7.27. The van der Waals surface area contributed by atoms with Gasteiger partial charge in [0.15, 0.2) is 5.78 Å². The maximum Gasteiger partial charge on any atom is 0.234 e. The van der Waals surface area contributed by atoms with Crippen LogP contribution in [-0.2, 0) is 4.79 Å². The summed E-state index contributed by atoms with van der Waals surface area (Å²) in [6.45, 7) is 5.71. The van der Waals surface area contributed by atoms with Crippen molar-refractivity contribution in [2.24, 2.45) is 0 Å². The molecule has 1 aromatic rings. The molecule has 5 nitrogen and oxygen atoms in total. The highest BCUT2D eigenvalue weighted by atomic mass is 16.2. The van der Waals surface area contributed by atoms with Gasteiger partial charge in [0.05, 0.1) is 6.54 Å². The summed E-state index contributed by atoms with van der Waals surface area (Å²) >= 11 is 0. The van der Waals surface area contributed by atoms with E-state index >= 15 is 0 Å². The van der Waals surface area contributed by atoms with Crippen molar-refractivity contribution in [3.05, 3.63) is 29.8 Å². The summed E-state index contributed by atoms with van der Waals surface area (Å²) in [7, 11) is 0. The van der Waals surface area contributed by atoms with Crippen LogP contribution in [-0.4, -0.2) is 55.4 Å². The Kier molecular flexibility index (Phi) is 6.08. The summed E-state index contributed by atoms with van der Waals surface area (Å²) in [6.07, 6.45) is 6.06. The van der Waals surface area contributed by atoms with Gasteiger partial charge < -0.3 is 10.2 Å². The highest BCUT2D eigenvalue weighted by Crippen LogP contribution is 2.19. The Labute approximate surface area is 150 Å². The average Bonchev–Trinajstić information content (AvgIpc) is 2.63. The van der Waals surface area contributed by atoms with Crippen molar-refractivity contribution in [1.29, 1.82) is 0 Å². The summed E-state index contributed by atoms with van der Waals surface area (Å²) in [4.78, 5) is 28.2. The molecule has 136 valence electrons. The molecule has 1 aliphatic carbocycles. The molecule has 1 heterocycles.